The first kappa shape index (κ1) is 23.2. The highest BCUT2D eigenvalue weighted by atomic mass is 16.5. The van der Waals surface area contributed by atoms with Crippen molar-refractivity contribution >= 4 is 23.2 Å². The van der Waals surface area contributed by atoms with Crippen molar-refractivity contribution in [2.45, 2.75) is 6.42 Å². The molecule has 7 heteroatoms. The second-order valence-corrected chi connectivity index (χ2v) is 7.19. The van der Waals surface area contributed by atoms with Crippen molar-refractivity contribution < 1.29 is 14.3 Å². The molecule has 0 aliphatic carbocycles. The molecule has 0 aromatic heterocycles. The molecule has 0 radical (unpaired) electrons. The number of nitrogens with zero attached hydrogens (tertiary/aromatic N) is 3. The summed E-state index contributed by atoms with van der Waals surface area (Å²) in [6.07, 6.45) is 0.625. The summed E-state index contributed by atoms with van der Waals surface area (Å²) in [4.78, 5) is 27.5. The lowest BCUT2D eigenvalue weighted by atomic mass is 10.1. The number of hydrogen-bond acceptors (Lipinski definition) is 5. The summed E-state index contributed by atoms with van der Waals surface area (Å²) in [7, 11) is 1.60. The van der Waals surface area contributed by atoms with Crippen LogP contribution < -0.4 is 10.2 Å². The highest BCUT2D eigenvalue weighted by Gasteiger charge is 2.18. The maximum atomic E-state index is 13.2. The molecule has 0 atom stereocenters. The van der Waals surface area contributed by atoms with E-state index >= 15 is 0 Å². The average Bonchev–Trinajstić information content (AvgIpc) is 2.86. The van der Waals surface area contributed by atoms with E-state index in [4.69, 9.17) is 15.3 Å². The fourth-order valence-electron chi connectivity index (χ4n) is 3.21. The van der Waals surface area contributed by atoms with Gasteiger partial charge in [-0.1, -0.05) is 6.07 Å². The van der Waals surface area contributed by atoms with E-state index in [9.17, 15) is 9.59 Å². The third kappa shape index (κ3) is 6.04. The average molecular weight is 438 g/mol. The van der Waals surface area contributed by atoms with Crippen LogP contribution in [0.25, 0.3) is 0 Å². The molecule has 0 saturated carbocycles. The van der Waals surface area contributed by atoms with Gasteiger partial charge >= 0.3 is 0 Å². The lowest BCUT2D eigenvalue weighted by Gasteiger charge is -2.23. The number of amides is 2. The molecule has 0 unspecified atom stereocenters. The third-order valence-corrected chi connectivity index (χ3v) is 4.93. The number of ether oxygens (including phenoxy) is 1. The molecule has 0 fully saturated rings. The fourth-order valence-corrected chi connectivity index (χ4v) is 3.21. The van der Waals surface area contributed by atoms with Gasteiger partial charge in [0.05, 0.1) is 23.3 Å². The van der Waals surface area contributed by atoms with Gasteiger partial charge in [0.15, 0.2) is 0 Å². The van der Waals surface area contributed by atoms with Gasteiger partial charge in [-0.05, 0) is 73.2 Å². The number of nitriles is 2. The Hall–Kier alpha value is -4.46. The lowest BCUT2D eigenvalue weighted by Crippen LogP contribution is -2.32. The van der Waals surface area contributed by atoms with Crippen LogP contribution in [0, 0.1) is 22.7 Å². The summed E-state index contributed by atoms with van der Waals surface area (Å²) in [5.74, 6) is -0.535. The molecule has 2 amide bonds. The number of carbonyl (C=O) groups is 2. The normalized spacial score (nSPS) is 10.0. The molecule has 7 nitrogen and oxygen atoms in total. The first-order valence-corrected chi connectivity index (χ1v) is 10.3. The van der Waals surface area contributed by atoms with Crippen molar-refractivity contribution in [1.29, 1.82) is 10.5 Å². The first-order chi connectivity index (χ1) is 16.0. The van der Waals surface area contributed by atoms with Crippen LogP contribution in [0.5, 0.6) is 0 Å². The molecule has 0 aliphatic heterocycles. The molecule has 3 rings (SSSR count). The van der Waals surface area contributed by atoms with Crippen molar-refractivity contribution in [3.8, 4) is 12.1 Å². The summed E-state index contributed by atoms with van der Waals surface area (Å²) in [5, 5.41) is 20.7. The molecule has 1 N–H and O–H groups in total. The minimum Gasteiger partial charge on any atom is -0.385 e. The van der Waals surface area contributed by atoms with Gasteiger partial charge in [0, 0.05) is 42.8 Å². The van der Waals surface area contributed by atoms with Crippen LogP contribution in [0.15, 0.2) is 72.8 Å². The Morgan fingerprint density at radius 3 is 2.09 bits per heavy atom. The summed E-state index contributed by atoms with van der Waals surface area (Å²) in [6, 6.07) is 23.9. The molecular weight excluding hydrogens is 416 g/mol. The van der Waals surface area contributed by atoms with Gasteiger partial charge in [0.2, 0.25) is 0 Å². The maximum Gasteiger partial charge on any atom is 0.258 e. The van der Waals surface area contributed by atoms with E-state index in [0.29, 0.717) is 53.2 Å². The maximum absolute atomic E-state index is 13.2. The molecule has 3 aromatic rings. The third-order valence-electron chi connectivity index (χ3n) is 4.93. The zero-order chi connectivity index (χ0) is 23.6. The van der Waals surface area contributed by atoms with E-state index in [2.05, 4.69) is 5.32 Å². The molecule has 0 spiro atoms. The van der Waals surface area contributed by atoms with Gasteiger partial charge in [-0.15, -0.1) is 0 Å². The molecule has 33 heavy (non-hydrogen) atoms. The molecule has 0 bridgehead atoms. The van der Waals surface area contributed by atoms with Gasteiger partial charge in [-0.25, -0.2) is 0 Å². The monoisotopic (exact) mass is 438 g/mol. The van der Waals surface area contributed by atoms with Crippen LogP contribution in [0.4, 0.5) is 11.4 Å². The number of anilines is 2. The van der Waals surface area contributed by atoms with Crippen molar-refractivity contribution in [2.75, 3.05) is 30.5 Å². The molecule has 0 heterocycles. The predicted octanol–water partition coefficient (Wildman–Crippen LogP) is 4.37. The highest BCUT2D eigenvalue weighted by molar-refractivity contribution is 6.07. The van der Waals surface area contributed by atoms with Crippen molar-refractivity contribution in [3.63, 3.8) is 0 Å². The van der Waals surface area contributed by atoms with E-state index in [1.807, 2.05) is 12.1 Å². The smallest absolute Gasteiger partial charge is 0.258 e. The fraction of sp³-hybridized carbons (Fsp3) is 0.154. The topological polar surface area (TPSA) is 106 Å². The number of rotatable bonds is 8. The second kappa shape index (κ2) is 11.2. The Bertz CT molecular complexity index is 1210. The number of methoxy groups -OCH3 is 1. The molecular formula is C26H22N4O3. The standard InChI is InChI=1S/C26H22N4O3/c1-33-15-3-14-30(26(32)22-12-8-20(18-28)9-13-22)24-5-2-4-23(16-24)29-25(31)21-10-6-19(17-27)7-11-21/h2,4-13,16H,3,14-15H2,1H3,(H,29,31). The molecule has 164 valence electrons. The van der Waals surface area contributed by atoms with Gasteiger partial charge in [-0.2, -0.15) is 10.5 Å². The van der Waals surface area contributed by atoms with Crippen LogP contribution in [-0.2, 0) is 4.74 Å². The SMILES string of the molecule is COCCCN(C(=O)c1ccc(C#N)cc1)c1cccc(NC(=O)c2ccc(C#N)cc2)c1. The number of hydrogen-bond donors (Lipinski definition) is 1. The predicted molar refractivity (Wildman–Crippen MR) is 125 cm³/mol. The molecule has 0 saturated heterocycles. The Labute approximate surface area is 192 Å². The van der Waals surface area contributed by atoms with E-state index in [-0.39, 0.29) is 11.8 Å². The molecule has 3 aromatic carbocycles. The van der Waals surface area contributed by atoms with Crippen LogP contribution in [0.1, 0.15) is 38.3 Å². The summed E-state index contributed by atoms with van der Waals surface area (Å²) in [5.41, 5.74) is 2.99. The summed E-state index contributed by atoms with van der Waals surface area (Å²) < 4.78 is 5.13. The zero-order valence-electron chi connectivity index (χ0n) is 18.1. The minimum atomic E-state index is -0.319. The molecule has 0 aliphatic rings. The van der Waals surface area contributed by atoms with Gasteiger partial charge < -0.3 is 15.0 Å². The number of benzene rings is 3. The number of carbonyl (C=O) groups excluding carboxylic acids is 2. The Kier molecular flexibility index (Phi) is 7.91. The van der Waals surface area contributed by atoms with Crippen LogP contribution in [0.2, 0.25) is 0 Å². The van der Waals surface area contributed by atoms with Crippen LogP contribution in [-0.4, -0.2) is 32.1 Å². The van der Waals surface area contributed by atoms with E-state index < -0.39 is 0 Å². The number of nitrogens with one attached hydrogen (secondary N) is 1. The van der Waals surface area contributed by atoms with Gasteiger partial charge in [-0.3, -0.25) is 9.59 Å². The summed E-state index contributed by atoms with van der Waals surface area (Å²) in [6.45, 7) is 0.909. The Balaban J connectivity index is 1.83. The van der Waals surface area contributed by atoms with Crippen molar-refractivity contribution in [3.05, 3.63) is 95.1 Å². The van der Waals surface area contributed by atoms with Gasteiger partial charge in [0.1, 0.15) is 0 Å². The highest BCUT2D eigenvalue weighted by Crippen LogP contribution is 2.23. The van der Waals surface area contributed by atoms with Crippen molar-refractivity contribution in [1.82, 2.24) is 0 Å². The van der Waals surface area contributed by atoms with E-state index in [0.717, 1.165) is 0 Å². The van der Waals surface area contributed by atoms with Crippen LogP contribution in [0.3, 0.4) is 0 Å². The summed E-state index contributed by atoms with van der Waals surface area (Å²) >= 11 is 0. The van der Waals surface area contributed by atoms with E-state index in [1.54, 1.807) is 84.8 Å². The van der Waals surface area contributed by atoms with Crippen LogP contribution >= 0.6 is 0 Å². The first-order valence-electron chi connectivity index (χ1n) is 10.3. The van der Waals surface area contributed by atoms with Crippen molar-refractivity contribution in [2.24, 2.45) is 0 Å². The van der Waals surface area contributed by atoms with Gasteiger partial charge in [0.25, 0.3) is 11.8 Å². The van der Waals surface area contributed by atoms with E-state index in [1.165, 1.54) is 0 Å². The Morgan fingerprint density at radius 1 is 0.909 bits per heavy atom. The quantitative estimate of drug-likeness (QED) is 0.526. The Morgan fingerprint density at radius 2 is 1.52 bits per heavy atom. The lowest BCUT2D eigenvalue weighted by molar-refractivity contribution is 0.0982. The minimum absolute atomic E-state index is 0.217. The zero-order valence-corrected chi connectivity index (χ0v) is 18.1. The largest absolute Gasteiger partial charge is 0.385 e. The second-order valence-electron chi connectivity index (χ2n) is 7.19.